The van der Waals surface area contributed by atoms with Crippen molar-refractivity contribution in [2.75, 3.05) is 6.54 Å². The van der Waals surface area contributed by atoms with E-state index in [0.29, 0.717) is 12.2 Å². The van der Waals surface area contributed by atoms with Crippen molar-refractivity contribution in [1.29, 1.82) is 5.26 Å². The molecular weight excluding hydrogens is 302 g/mol. The van der Waals surface area contributed by atoms with Crippen LogP contribution in [0.5, 0.6) is 0 Å². The molecular formula is C11H10ClN5O2S. The van der Waals surface area contributed by atoms with Crippen molar-refractivity contribution >= 4 is 21.6 Å². The maximum absolute atomic E-state index is 12.0. The van der Waals surface area contributed by atoms with E-state index in [1.54, 1.807) is 0 Å². The van der Waals surface area contributed by atoms with Gasteiger partial charge in [-0.15, -0.1) is 0 Å². The Morgan fingerprint density at radius 2 is 2.25 bits per heavy atom. The van der Waals surface area contributed by atoms with Crippen LogP contribution in [0.15, 0.2) is 29.4 Å². The van der Waals surface area contributed by atoms with Gasteiger partial charge in [-0.2, -0.15) is 10.4 Å². The van der Waals surface area contributed by atoms with Crippen LogP contribution in [-0.2, 0) is 16.4 Å². The summed E-state index contributed by atoms with van der Waals surface area (Å²) in [6, 6.07) is 5.82. The van der Waals surface area contributed by atoms with Gasteiger partial charge in [0.1, 0.15) is 18.2 Å². The van der Waals surface area contributed by atoms with Crippen LogP contribution < -0.4 is 4.72 Å². The monoisotopic (exact) mass is 311 g/mol. The third kappa shape index (κ3) is 3.33. The van der Waals surface area contributed by atoms with Gasteiger partial charge >= 0.3 is 0 Å². The Hall–Kier alpha value is -1.95. The SMILES string of the molecule is N#Cc1ccc(S(=O)(=O)NCCc2ncn[nH]2)cc1Cl. The summed E-state index contributed by atoms with van der Waals surface area (Å²) in [5.41, 5.74) is 0.229. The molecule has 0 aliphatic carbocycles. The van der Waals surface area contributed by atoms with Crippen LogP contribution in [0.1, 0.15) is 11.4 Å². The largest absolute Gasteiger partial charge is 0.263 e. The molecule has 0 aliphatic heterocycles. The maximum Gasteiger partial charge on any atom is 0.240 e. The zero-order chi connectivity index (χ0) is 14.6. The minimum Gasteiger partial charge on any atom is -0.263 e. The number of aromatic nitrogens is 3. The minimum atomic E-state index is -3.67. The molecule has 9 heteroatoms. The van der Waals surface area contributed by atoms with Crippen LogP contribution >= 0.6 is 11.6 Å². The topological polar surface area (TPSA) is 112 Å². The summed E-state index contributed by atoms with van der Waals surface area (Å²) in [5, 5.41) is 15.1. The highest BCUT2D eigenvalue weighted by Gasteiger charge is 2.15. The smallest absolute Gasteiger partial charge is 0.240 e. The number of nitrogens with zero attached hydrogens (tertiary/aromatic N) is 3. The van der Waals surface area contributed by atoms with Crippen LogP contribution in [0.3, 0.4) is 0 Å². The molecule has 0 unspecified atom stereocenters. The van der Waals surface area contributed by atoms with Crippen molar-refractivity contribution in [2.45, 2.75) is 11.3 Å². The predicted molar refractivity (Wildman–Crippen MR) is 71.4 cm³/mol. The molecule has 1 aromatic carbocycles. The molecule has 0 atom stereocenters. The van der Waals surface area contributed by atoms with Gasteiger partial charge in [0.15, 0.2) is 0 Å². The molecule has 2 N–H and O–H groups in total. The van der Waals surface area contributed by atoms with Gasteiger partial charge in [0.2, 0.25) is 10.0 Å². The lowest BCUT2D eigenvalue weighted by molar-refractivity contribution is 0.581. The van der Waals surface area contributed by atoms with E-state index in [2.05, 4.69) is 19.9 Å². The fourth-order valence-corrected chi connectivity index (χ4v) is 2.84. The maximum atomic E-state index is 12.0. The van der Waals surface area contributed by atoms with E-state index in [9.17, 15) is 8.42 Å². The van der Waals surface area contributed by atoms with E-state index >= 15 is 0 Å². The van der Waals surface area contributed by atoms with E-state index in [4.69, 9.17) is 16.9 Å². The molecule has 0 radical (unpaired) electrons. The first-order valence-electron chi connectivity index (χ1n) is 5.56. The van der Waals surface area contributed by atoms with Gasteiger partial charge in [0.05, 0.1) is 15.5 Å². The number of hydrogen-bond donors (Lipinski definition) is 2. The van der Waals surface area contributed by atoms with Gasteiger partial charge in [-0.3, -0.25) is 5.10 Å². The zero-order valence-corrected chi connectivity index (χ0v) is 11.7. The minimum absolute atomic E-state index is 0.0130. The van der Waals surface area contributed by atoms with Crippen LogP contribution in [0.2, 0.25) is 5.02 Å². The highest BCUT2D eigenvalue weighted by molar-refractivity contribution is 7.89. The second-order valence-corrected chi connectivity index (χ2v) is 6.01. The molecule has 1 aromatic heterocycles. The first-order valence-corrected chi connectivity index (χ1v) is 7.42. The Kier molecular flexibility index (Phi) is 4.34. The van der Waals surface area contributed by atoms with Gasteiger partial charge < -0.3 is 0 Å². The van der Waals surface area contributed by atoms with Crippen molar-refractivity contribution < 1.29 is 8.42 Å². The zero-order valence-electron chi connectivity index (χ0n) is 10.2. The number of hydrogen-bond acceptors (Lipinski definition) is 5. The number of halogens is 1. The predicted octanol–water partition coefficient (Wildman–Crippen LogP) is 0.851. The van der Waals surface area contributed by atoms with Crippen LogP contribution in [0, 0.1) is 11.3 Å². The normalized spacial score (nSPS) is 11.2. The molecule has 0 aliphatic rings. The molecule has 7 nitrogen and oxygen atoms in total. The van der Waals surface area contributed by atoms with Gasteiger partial charge in [-0.05, 0) is 18.2 Å². The van der Waals surface area contributed by atoms with Crippen molar-refractivity contribution in [3.05, 3.63) is 40.9 Å². The number of aromatic amines is 1. The van der Waals surface area contributed by atoms with E-state index < -0.39 is 10.0 Å². The lowest BCUT2D eigenvalue weighted by Crippen LogP contribution is -2.26. The lowest BCUT2D eigenvalue weighted by atomic mass is 10.2. The van der Waals surface area contributed by atoms with Crippen molar-refractivity contribution in [3.63, 3.8) is 0 Å². The molecule has 1 heterocycles. The summed E-state index contributed by atoms with van der Waals surface area (Å²) in [7, 11) is -3.67. The number of nitrogens with one attached hydrogen (secondary N) is 2. The van der Waals surface area contributed by atoms with E-state index in [-0.39, 0.29) is 22.0 Å². The molecule has 20 heavy (non-hydrogen) atoms. The molecule has 0 amide bonds. The Morgan fingerprint density at radius 1 is 1.45 bits per heavy atom. The molecule has 0 fully saturated rings. The Balaban J connectivity index is 2.06. The molecule has 0 saturated heterocycles. The number of rotatable bonds is 5. The van der Waals surface area contributed by atoms with Crippen molar-refractivity contribution in [1.82, 2.24) is 19.9 Å². The first kappa shape index (κ1) is 14.5. The van der Waals surface area contributed by atoms with Gasteiger partial charge in [0.25, 0.3) is 0 Å². The summed E-state index contributed by atoms with van der Waals surface area (Å²) >= 11 is 5.81. The second kappa shape index (κ2) is 6.00. The van der Waals surface area contributed by atoms with Gasteiger partial charge in [-0.1, -0.05) is 11.6 Å². The quantitative estimate of drug-likeness (QED) is 0.850. The summed E-state index contributed by atoms with van der Waals surface area (Å²) in [4.78, 5) is 3.90. The molecule has 0 spiro atoms. The Labute approximate surface area is 120 Å². The number of sulfonamides is 1. The van der Waals surface area contributed by atoms with E-state index in [0.717, 1.165) is 0 Å². The van der Waals surface area contributed by atoms with E-state index in [1.165, 1.54) is 24.5 Å². The molecule has 104 valence electrons. The number of nitriles is 1. The third-order valence-electron chi connectivity index (χ3n) is 2.49. The van der Waals surface area contributed by atoms with E-state index in [1.807, 2.05) is 6.07 Å². The Bertz CT molecular complexity index is 737. The lowest BCUT2D eigenvalue weighted by Gasteiger charge is -2.06. The summed E-state index contributed by atoms with van der Waals surface area (Å²) in [6.45, 7) is 0.176. The van der Waals surface area contributed by atoms with Gasteiger partial charge in [-0.25, -0.2) is 18.1 Å². The number of H-pyrrole nitrogens is 1. The van der Waals surface area contributed by atoms with Crippen LogP contribution in [-0.4, -0.2) is 30.1 Å². The summed E-state index contributed by atoms with van der Waals surface area (Å²) in [6.07, 6.45) is 1.74. The van der Waals surface area contributed by atoms with Crippen LogP contribution in [0.25, 0.3) is 0 Å². The molecule has 2 aromatic rings. The van der Waals surface area contributed by atoms with Crippen molar-refractivity contribution in [3.8, 4) is 6.07 Å². The first-order chi connectivity index (χ1) is 9.53. The summed E-state index contributed by atoms with van der Waals surface area (Å²) in [5.74, 6) is 0.588. The third-order valence-corrected chi connectivity index (χ3v) is 4.26. The summed E-state index contributed by atoms with van der Waals surface area (Å²) < 4.78 is 26.4. The second-order valence-electron chi connectivity index (χ2n) is 3.83. The van der Waals surface area contributed by atoms with Crippen LogP contribution in [0.4, 0.5) is 0 Å². The fourth-order valence-electron chi connectivity index (χ4n) is 1.49. The highest BCUT2D eigenvalue weighted by Crippen LogP contribution is 2.19. The standard InChI is InChI=1S/C11H10ClN5O2S/c12-10-5-9(2-1-8(10)6-13)20(18,19)16-4-3-11-14-7-15-17-11/h1-2,5,7,16H,3-4H2,(H,14,15,17). The van der Waals surface area contributed by atoms with Crippen molar-refractivity contribution in [2.24, 2.45) is 0 Å². The average Bonchev–Trinajstić information content (AvgIpc) is 2.91. The molecule has 0 saturated carbocycles. The number of benzene rings is 1. The Morgan fingerprint density at radius 3 is 2.85 bits per heavy atom. The fraction of sp³-hybridized carbons (Fsp3) is 0.182. The average molecular weight is 312 g/mol. The molecule has 2 rings (SSSR count). The van der Waals surface area contributed by atoms with Gasteiger partial charge in [0, 0.05) is 13.0 Å². The highest BCUT2D eigenvalue weighted by atomic mass is 35.5. The molecule has 0 bridgehead atoms.